The normalized spacial score (nSPS) is 19.6. The molecule has 110 valence electrons. The van der Waals surface area contributed by atoms with Crippen LogP contribution in [0.4, 0.5) is 5.82 Å². The zero-order valence-corrected chi connectivity index (χ0v) is 12.4. The molecule has 1 saturated heterocycles. The summed E-state index contributed by atoms with van der Waals surface area (Å²) in [4.78, 5) is 2.18. The van der Waals surface area contributed by atoms with E-state index in [1.54, 1.807) is 0 Å². The van der Waals surface area contributed by atoms with Crippen LogP contribution in [0, 0.1) is 5.92 Å². The molecule has 20 heavy (non-hydrogen) atoms. The van der Waals surface area contributed by atoms with Crippen molar-refractivity contribution in [3.05, 3.63) is 16.8 Å². The second kappa shape index (κ2) is 6.07. The molecule has 6 nitrogen and oxygen atoms in total. The highest BCUT2D eigenvalue weighted by atomic mass is 16.4. The minimum atomic E-state index is 0.126. The number of nitrogens with zero attached hydrogens (tertiary/aromatic N) is 4. The first-order valence-electron chi connectivity index (χ1n) is 7.23. The van der Waals surface area contributed by atoms with Crippen molar-refractivity contribution in [2.75, 3.05) is 18.0 Å². The fourth-order valence-electron chi connectivity index (χ4n) is 2.83. The summed E-state index contributed by atoms with van der Waals surface area (Å²) in [5, 5.41) is 21.0. The van der Waals surface area contributed by atoms with Crippen LogP contribution in [0.2, 0.25) is 0 Å². The molecule has 6 heteroatoms. The monoisotopic (exact) mass is 277 g/mol. The van der Waals surface area contributed by atoms with Crippen molar-refractivity contribution in [2.24, 2.45) is 16.8 Å². The lowest BCUT2D eigenvalue weighted by atomic mass is 10.0. The van der Waals surface area contributed by atoms with E-state index in [0.717, 1.165) is 55.0 Å². The SMILES string of the molecule is CCc1nnc(N2CCC(C)C2)c(C(N)=NO)c1CC. The number of hydrogen-bond acceptors (Lipinski definition) is 5. The summed E-state index contributed by atoms with van der Waals surface area (Å²) < 4.78 is 0. The second-order valence-corrected chi connectivity index (χ2v) is 5.36. The van der Waals surface area contributed by atoms with E-state index in [4.69, 9.17) is 10.9 Å². The van der Waals surface area contributed by atoms with Gasteiger partial charge in [-0.1, -0.05) is 25.9 Å². The number of amidine groups is 1. The van der Waals surface area contributed by atoms with Crippen molar-refractivity contribution in [1.82, 2.24) is 10.2 Å². The maximum atomic E-state index is 9.09. The Kier molecular flexibility index (Phi) is 4.42. The van der Waals surface area contributed by atoms with Gasteiger partial charge in [-0.3, -0.25) is 0 Å². The Hall–Kier alpha value is -1.85. The first-order valence-corrected chi connectivity index (χ1v) is 7.23. The Morgan fingerprint density at radius 3 is 2.65 bits per heavy atom. The molecule has 1 aromatic rings. The molecule has 1 unspecified atom stereocenters. The molecule has 1 fully saturated rings. The molecule has 0 spiro atoms. The van der Waals surface area contributed by atoms with Gasteiger partial charge in [-0.2, -0.15) is 5.10 Å². The molecule has 0 radical (unpaired) electrons. The lowest BCUT2D eigenvalue weighted by Crippen LogP contribution is -2.28. The largest absolute Gasteiger partial charge is 0.409 e. The summed E-state index contributed by atoms with van der Waals surface area (Å²) in [5.41, 5.74) is 8.61. The Balaban J connectivity index is 2.56. The van der Waals surface area contributed by atoms with Crippen molar-refractivity contribution in [1.29, 1.82) is 0 Å². The van der Waals surface area contributed by atoms with E-state index in [1.807, 2.05) is 6.92 Å². The summed E-state index contributed by atoms with van der Waals surface area (Å²) in [5.74, 6) is 1.51. The molecule has 3 N–H and O–H groups in total. The molecule has 2 heterocycles. The highest BCUT2D eigenvalue weighted by Gasteiger charge is 2.26. The maximum absolute atomic E-state index is 9.09. The lowest BCUT2D eigenvalue weighted by Gasteiger charge is -2.22. The molecule has 1 atom stereocenters. The van der Waals surface area contributed by atoms with Gasteiger partial charge in [0.15, 0.2) is 11.7 Å². The van der Waals surface area contributed by atoms with Gasteiger partial charge in [0.2, 0.25) is 0 Å². The van der Waals surface area contributed by atoms with E-state index in [2.05, 4.69) is 34.1 Å². The first kappa shape index (κ1) is 14.6. The minimum absolute atomic E-state index is 0.126. The number of anilines is 1. The third kappa shape index (κ3) is 2.55. The Bertz CT molecular complexity index is 515. The van der Waals surface area contributed by atoms with E-state index >= 15 is 0 Å². The van der Waals surface area contributed by atoms with Crippen molar-refractivity contribution >= 4 is 11.7 Å². The van der Waals surface area contributed by atoms with Gasteiger partial charge in [0.25, 0.3) is 0 Å². The van der Waals surface area contributed by atoms with E-state index in [1.165, 1.54) is 0 Å². The number of aromatic nitrogens is 2. The predicted molar refractivity (Wildman–Crippen MR) is 79.3 cm³/mol. The van der Waals surface area contributed by atoms with Gasteiger partial charge in [0.05, 0.1) is 11.3 Å². The van der Waals surface area contributed by atoms with E-state index in [-0.39, 0.29) is 5.84 Å². The van der Waals surface area contributed by atoms with Crippen LogP contribution in [0.3, 0.4) is 0 Å². The van der Waals surface area contributed by atoms with Crippen molar-refractivity contribution < 1.29 is 5.21 Å². The van der Waals surface area contributed by atoms with Crippen LogP contribution in [0.25, 0.3) is 0 Å². The molecule has 0 aliphatic carbocycles. The first-order chi connectivity index (χ1) is 9.62. The topological polar surface area (TPSA) is 87.6 Å². The van der Waals surface area contributed by atoms with Crippen molar-refractivity contribution in [3.63, 3.8) is 0 Å². The van der Waals surface area contributed by atoms with Gasteiger partial charge >= 0.3 is 0 Å². The summed E-state index contributed by atoms with van der Waals surface area (Å²) in [6, 6.07) is 0. The molecule has 0 amide bonds. The van der Waals surface area contributed by atoms with Gasteiger partial charge in [-0.15, -0.1) is 5.10 Å². The average molecular weight is 277 g/mol. The Morgan fingerprint density at radius 1 is 1.40 bits per heavy atom. The van der Waals surface area contributed by atoms with Gasteiger partial charge in [0, 0.05) is 13.1 Å². The van der Waals surface area contributed by atoms with E-state index in [9.17, 15) is 0 Å². The average Bonchev–Trinajstić information content (AvgIpc) is 2.91. The Morgan fingerprint density at radius 2 is 2.15 bits per heavy atom. The molecule has 0 bridgehead atoms. The number of nitrogens with two attached hydrogens (primary N) is 1. The summed E-state index contributed by atoms with van der Waals surface area (Å²) >= 11 is 0. The molecule has 1 aromatic heterocycles. The summed E-state index contributed by atoms with van der Waals surface area (Å²) in [7, 11) is 0. The van der Waals surface area contributed by atoms with Gasteiger partial charge < -0.3 is 15.8 Å². The molecular formula is C14H23N5O. The fraction of sp³-hybridized carbons (Fsp3) is 0.643. The van der Waals surface area contributed by atoms with Crippen LogP contribution >= 0.6 is 0 Å². The number of hydrogen-bond donors (Lipinski definition) is 2. The van der Waals surface area contributed by atoms with Crippen LogP contribution in [-0.4, -0.2) is 34.3 Å². The lowest BCUT2D eigenvalue weighted by molar-refractivity contribution is 0.318. The molecule has 0 saturated carbocycles. The van der Waals surface area contributed by atoms with Crippen LogP contribution in [0.5, 0.6) is 0 Å². The summed E-state index contributed by atoms with van der Waals surface area (Å²) in [6.45, 7) is 8.19. The van der Waals surface area contributed by atoms with E-state index in [0.29, 0.717) is 5.92 Å². The van der Waals surface area contributed by atoms with Crippen LogP contribution in [-0.2, 0) is 12.8 Å². The molecule has 0 aromatic carbocycles. The van der Waals surface area contributed by atoms with Gasteiger partial charge in [-0.25, -0.2) is 0 Å². The fourth-order valence-corrected chi connectivity index (χ4v) is 2.83. The summed E-state index contributed by atoms with van der Waals surface area (Å²) in [6.07, 6.45) is 2.72. The molecule has 1 aliphatic heterocycles. The maximum Gasteiger partial charge on any atom is 0.174 e. The zero-order chi connectivity index (χ0) is 14.7. The van der Waals surface area contributed by atoms with Gasteiger partial charge in [0.1, 0.15) is 0 Å². The van der Waals surface area contributed by atoms with Crippen molar-refractivity contribution in [2.45, 2.75) is 40.0 Å². The smallest absolute Gasteiger partial charge is 0.174 e. The number of rotatable bonds is 4. The highest BCUT2D eigenvalue weighted by Crippen LogP contribution is 2.28. The van der Waals surface area contributed by atoms with Crippen LogP contribution in [0.15, 0.2) is 5.16 Å². The number of aryl methyl sites for hydroxylation is 1. The third-order valence-electron chi connectivity index (χ3n) is 3.91. The van der Waals surface area contributed by atoms with Crippen LogP contribution in [0.1, 0.15) is 44.0 Å². The number of oxime groups is 1. The quantitative estimate of drug-likeness (QED) is 0.377. The zero-order valence-electron chi connectivity index (χ0n) is 12.4. The molecule has 1 aliphatic rings. The van der Waals surface area contributed by atoms with Crippen molar-refractivity contribution in [3.8, 4) is 0 Å². The van der Waals surface area contributed by atoms with E-state index < -0.39 is 0 Å². The molecular weight excluding hydrogens is 254 g/mol. The molecule has 2 rings (SSSR count). The highest BCUT2D eigenvalue weighted by molar-refractivity contribution is 6.03. The van der Waals surface area contributed by atoms with Gasteiger partial charge in [-0.05, 0) is 30.7 Å². The van der Waals surface area contributed by atoms with Crippen LogP contribution < -0.4 is 10.6 Å². The Labute approximate surface area is 119 Å². The predicted octanol–water partition coefficient (Wildman–Crippen LogP) is 1.54. The standard InChI is InChI=1S/C14H23N5O/c1-4-10-11(5-2)16-17-14(12(10)13(15)18-20)19-7-6-9(3)8-19/h9,20H,4-8H2,1-3H3,(H2,15,18). The third-order valence-corrected chi connectivity index (χ3v) is 3.91. The minimum Gasteiger partial charge on any atom is -0.409 e. The second-order valence-electron chi connectivity index (χ2n) is 5.36.